The molecule has 1 aromatic heterocycles. The molecule has 2 rings (SSSR count). The number of benzene rings is 1. The fourth-order valence-electron chi connectivity index (χ4n) is 2.24. The summed E-state index contributed by atoms with van der Waals surface area (Å²) in [6, 6.07) is 2.97. The van der Waals surface area contributed by atoms with Crippen molar-refractivity contribution >= 4 is 0 Å². The summed E-state index contributed by atoms with van der Waals surface area (Å²) in [4.78, 5) is 0. The average Bonchev–Trinajstić information content (AvgIpc) is 2.56. The van der Waals surface area contributed by atoms with Gasteiger partial charge < -0.3 is 5.73 Å². The number of nitrogens with zero attached hydrogens (tertiary/aromatic N) is 2. The number of halogens is 2. The van der Waals surface area contributed by atoms with E-state index in [1.165, 1.54) is 12.1 Å². The van der Waals surface area contributed by atoms with Crippen molar-refractivity contribution < 1.29 is 8.78 Å². The second kappa shape index (κ2) is 5.09. The fourth-order valence-corrected chi connectivity index (χ4v) is 2.24. The van der Waals surface area contributed by atoms with Gasteiger partial charge in [0, 0.05) is 30.4 Å². The van der Waals surface area contributed by atoms with E-state index in [9.17, 15) is 8.78 Å². The summed E-state index contributed by atoms with van der Waals surface area (Å²) in [7, 11) is 1.86. The van der Waals surface area contributed by atoms with E-state index in [1.807, 2.05) is 20.9 Å². The van der Waals surface area contributed by atoms with Gasteiger partial charge in [-0.3, -0.25) is 4.68 Å². The van der Waals surface area contributed by atoms with Crippen LogP contribution >= 0.6 is 0 Å². The predicted molar refractivity (Wildman–Crippen MR) is 69.7 cm³/mol. The molecule has 19 heavy (non-hydrogen) atoms. The van der Waals surface area contributed by atoms with Crippen LogP contribution in [-0.4, -0.2) is 9.78 Å². The number of aryl methyl sites for hydroxylation is 2. The van der Waals surface area contributed by atoms with Gasteiger partial charge in [-0.1, -0.05) is 6.07 Å². The molecule has 1 unspecified atom stereocenters. The van der Waals surface area contributed by atoms with E-state index < -0.39 is 17.7 Å². The molecule has 0 bridgehead atoms. The van der Waals surface area contributed by atoms with Gasteiger partial charge in [-0.05, 0) is 31.9 Å². The van der Waals surface area contributed by atoms with Crippen LogP contribution in [-0.2, 0) is 13.5 Å². The van der Waals surface area contributed by atoms with Crippen molar-refractivity contribution in [3.8, 4) is 0 Å². The van der Waals surface area contributed by atoms with Crippen LogP contribution in [0.15, 0.2) is 18.2 Å². The van der Waals surface area contributed by atoms with Crippen molar-refractivity contribution in [3.05, 3.63) is 52.3 Å². The Kier molecular flexibility index (Phi) is 3.66. The first kappa shape index (κ1) is 13.7. The summed E-state index contributed by atoms with van der Waals surface area (Å²) < 4.78 is 28.3. The van der Waals surface area contributed by atoms with Crippen LogP contribution < -0.4 is 5.73 Å². The first-order chi connectivity index (χ1) is 8.90. The van der Waals surface area contributed by atoms with Crippen LogP contribution in [0.3, 0.4) is 0 Å². The molecule has 5 heteroatoms. The molecule has 1 aromatic carbocycles. The van der Waals surface area contributed by atoms with E-state index in [0.29, 0.717) is 12.0 Å². The highest BCUT2D eigenvalue weighted by Crippen LogP contribution is 2.23. The van der Waals surface area contributed by atoms with E-state index in [2.05, 4.69) is 5.10 Å². The first-order valence-corrected chi connectivity index (χ1v) is 6.09. The average molecular weight is 265 g/mol. The van der Waals surface area contributed by atoms with Crippen LogP contribution in [0.2, 0.25) is 0 Å². The van der Waals surface area contributed by atoms with Gasteiger partial charge in [0.25, 0.3) is 0 Å². The third-order valence-corrected chi connectivity index (χ3v) is 3.44. The number of hydrogen-bond acceptors (Lipinski definition) is 2. The lowest BCUT2D eigenvalue weighted by Crippen LogP contribution is -2.16. The highest BCUT2D eigenvalue weighted by Gasteiger charge is 2.17. The highest BCUT2D eigenvalue weighted by atomic mass is 19.1. The molecule has 0 aliphatic carbocycles. The summed E-state index contributed by atoms with van der Waals surface area (Å²) in [5.74, 6) is -1.20. The van der Waals surface area contributed by atoms with Gasteiger partial charge in [-0.2, -0.15) is 5.10 Å². The number of rotatable bonds is 3. The minimum absolute atomic E-state index is 0.323. The van der Waals surface area contributed by atoms with E-state index in [-0.39, 0.29) is 0 Å². The number of nitrogens with two attached hydrogens (primary N) is 1. The normalized spacial score (nSPS) is 12.7. The lowest BCUT2D eigenvalue weighted by molar-refractivity contribution is 0.553. The SMILES string of the molecule is Cc1nn(C)c(C)c1CC(N)c1ccc(F)cc1F. The van der Waals surface area contributed by atoms with E-state index in [1.54, 1.807) is 4.68 Å². The largest absolute Gasteiger partial charge is 0.324 e. The van der Waals surface area contributed by atoms with Gasteiger partial charge in [0.05, 0.1) is 5.69 Å². The second-order valence-corrected chi connectivity index (χ2v) is 4.75. The first-order valence-electron chi connectivity index (χ1n) is 6.09. The summed E-state index contributed by atoms with van der Waals surface area (Å²) >= 11 is 0. The van der Waals surface area contributed by atoms with Crippen LogP contribution in [0.4, 0.5) is 8.78 Å². The predicted octanol–water partition coefficient (Wildman–Crippen LogP) is 2.56. The van der Waals surface area contributed by atoms with Crippen LogP contribution in [0.1, 0.15) is 28.6 Å². The Hall–Kier alpha value is -1.75. The standard InChI is InChI=1S/C14H17F2N3/c1-8-12(9(2)19(3)18-8)7-14(17)11-5-4-10(15)6-13(11)16/h4-6,14H,7,17H2,1-3H3. The number of hydrogen-bond donors (Lipinski definition) is 1. The van der Waals surface area contributed by atoms with Crippen LogP contribution in [0.5, 0.6) is 0 Å². The lowest BCUT2D eigenvalue weighted by atomic mass is 9.98. The molecule has 2 N–H and O–H groups in total. The minimum Gasteiger partial charge on any atom is -0.324 e. The quantitative estimate of drug-likeness (QED) is 0.927. The molecule has 2 aromatic rings. The molecular formula is C14H17F2N3. The highest BCUT2D eigenvalue weighted by molar-refractivity contribution is 5.29. The van der Waals surface area contributed by atoms with E-state index in [4.69, 9.17) is 5.73 Å². The number of aromatic nitrogens is 2. The molecule has 0 saturated heterocycles. The van der Waals surface area contributed by atoms with Crippen molar-refractivity contribution in [2.24, 2.45) is 12.8 Å². The molecular weight excluding hydrogens is 248 g/mol. The third-order valence-electron chi connectivity index (χ3n) is 3.44. The Morgan fingerprint density at radius 1 is 1.32 bits per heavy atom. The smallest absolute Gasteiger partial charge is 0.130 e. The Bertz CT molecular complexity index is 605. The second-order valence-electron chi connectivity index (χ2n) is 4.75. The summed E-state index contributed by atoms with van der Waals surface area (Å²) in [5.41, 5.74) is 9.26. The van der Waals surface area contributed by atoms with Crippen molar-refractivity contribution in [3.63, 3.8) is 0 Å². The Morgan fingerprint density at radius 3 is 2.53 bits per heavy atom. The summed E-state index contributed by atoms with van der Waals surface area (Å²) in [6.07, 6.45) is 0.480. The van der Waals surface area contributed by atoms with Gasteiger partial charge in [0.2, 0.25) is 0 Å². The van der Waals surface area contributed by atoms with Gasteiger partial charge in [0.1, 0.15) is 11.6 Å². The van der Waals surface area contributed by atoms with Crippen molar-refractivity contribution in [1.29, 1.82) is 0 Å². The molecule has 0 amide bonds. The Labute approximate surface area is 111 Å². The molecule has 0 aliphatic heterocycles. The molecule has 0 radical (unpaired) electrons. The summed E-state index contributed by atoms with van der Waals surface area (Å²) in [6.45, 7) is 3.85. The zero-order chi connectivity index (χ0) is 14.2. The maximum absolute atomic E-state index is 13.7. The van der Waals surface area contributed by atoms with Gasteiger partial charge in [-0.15, -0.1) is 0 Å². The molecule has 0 saturated carbocycles. The maximum Gasteiger partial charge on any atom is 0.130 e. The fraction of sp³-hybridized carbons (Fsp3) is 0.357. The Balaban J connectivity index is 2.28. The molecule has 1 heterocycles. The van der Waals surface area contributed by atoms with Crippen LogP contribution in [0, 0.1) is 25.5 Å². The third kappa shape index (κ3) is 2.66. The molecule has 0 spiro atoms. The minimum atomic E-state index is -0.605. The topological polar surface area (TPSA) is 43.8 Å². The van der Waals surface area contributed by atoms with Crippen molar-refractivity contribution in [2.75, 3.05) is 0 Å². The monoisotopic (exact) mass is 265 g/mol. The lowest BCUT2D eigenvalue weighted by Gasteiger charge is -2.13. The van der Waals surface area contributed by atoms with Gasteiger partial charge >= 0.3 is 0 Å². The Morgan fingerprint density at radius 2 is 2.00 bits per heavy atom. The molecule has 0 fully saturated rings. The van der Waals surface area contributed by atoms with E-state index >= 15 is 0 Å². The van der Waals surface area contributed by atoms with Crippen molar-refractivity contribution in [2.45, 2.75) is 26.3 Å². The van der Waals surface area contributed by atoms with Crippen molar-refractivity contribution in [1.82, 2.24) is 9.78 Å². The van der Waals surface area contributed by atoms with Crippen LogP contribution in [0.25, 0.3) is 0 Å². The zero-order valence-corrected chi connectivity index (χ0v) is 11.2. The van der Waals surface area contributed by atoms with Gasteiger partial charge in [-0.25, -0.2) is 8.78 Å². The van der Waals surface area contributed by atoms with E-state index in [0.717, 1.165) is 23.0 Å². The molecule has 102 valence electrons. The zero-order valence-electron chi connectivity index (χ0n) is 11.2. The molecule has 1 atom stereocenters. The van der Waals surface area contributed by atoms with Gasteiger partial charge in [0.15, 0.2) is 0 Å². The maximum atomic E-state index is 13.7. The molecule has 0 aliphatic rings. The summed E-state index contributed by atoms with van der Waals surface area (Å²) in [5, 5.41) is 4.30. The molecule has 3 nitrogen and oxygen atoms in total.